The van der Waals surface area contributed by atoms with Gasteiger partial charge in [-0.25, -0.2) is 0 Å². The molecule has 0 heterocycles. The van der Waals surface area contributed by atoms with E-state index in [4.69, 9.17) is 9.47 Å². The topological polar surface area (TPSA) is 31.4 Å². The fourth-order valence-corrected chi connectivity index (χ4v) is 15.6. The second-order valence-electron chi connectivity index (χ2n) is 32.2. The van der Waals surface area contributed by atoms with Gasteiger partial charge in [0.25, 0.3) is 0 Å². The van der Waals surface area contributed by atoms with Crippen LogP contribution in [0.25, 0.3) is 70.9 Å². The molecule has 612 valence electrons. The fourth-order valence-electron chi connectivity index (χ4n) is 15.6. The summed E-state index contributed by atoms with van der Waals surface area (Å²) in [7, 11) is 0. The predicted molar refractivity (Wildman–Crippen MR) is 534 cm³/mol. The first-order chi connectivity index (χ1) is 60.4. The smallest absolute Gasteiger partial charge is 0.126 e. The highest BCUT2D eigenvalue weighted by atomic mass is 16.5. The summed E-state index contributed by atoms with van der Waals surface area (Å²) in [4.78, 5) is 9.36. The zero-order valence-electron chi connectivity index (χ0n) is 73.3. The average Bonchev–Trinajstić information content (AvgIpc) is 0.799. The van der Waals surface area contributed by atoms with Crippen LogP contribution in [0.3, 0.4) is 0 Å². The van der Waals surface area contributed by atoms with Crippen LogP contribution in [0.5, 0.6) is 11.5 Å². The Labute approximate surface area is 735 Å². The van der Waals surface area contributed by atoms with Gasteiger partial charge in [-0.1, -0.05) is 282 Å². The number of para-hydroxylation sites is 1. The molecule has 0 aliphatic heterocycles. The molecule has 16 aromatic rings. The number of ether oxygens (including phenoxy) is 2. The molecule has 0 atom stereocenters. The van der Waals surface area contributed by atoms with Crippen LogP contribution in [0.4, 0.5) is 68.2 Å². The molecule has 0 radical (unpaired) electrons. The molecule has 0 spiro atoms. The molecule has 0 saturated carbocycles. The van der Waals surface area contributed by atoms with Gasteiger partial charge in [0.15, 0.2) is 0 Å². The van der Waals surface area contributed by atoms with Gasteiger partial charge in [-0.3, -0.25) is 0 Å². The van der Waals surface area contributed by atoms with Crippen molar-refractivity contribution in [3.8, 4) is 33.8 Å². The molecular weight excluding hydrogens is 1510 g/mol. The van der Waals surface area contributed by atoms with E-state index in [0.29, 0.717) is 13.2 Å². The second-order valence-corrected chi connectivity index (χ2v) is 32.2. The second kappa shape index (κ2) is 39.7. The molecule has 124 heavy (non-hydrogen) atoms. The first-order valence-corrected chi connectivity index (χ1v) is 43.0. The summed E-state index contributed by atoms with van der Waals surface area (Å²) >= 11 is 0. The van der Waals surface area contributed by atoms with Crippen LogP contribution >= 0.6 is 0 Å². The molecule has 6 heteroatoms. The van der Waals surface area contributed by atoms with Gasteiger partial charge in [0.2, 0.25) is 0 Å². The highest BCUT2D eigenvalue weighted by molar-refractivity contribution is 5.87. The van der Waals surface area contributed by atoms with Crippen LogP contribution in [0.2, 0.25) is 0 Å². The average molecular weight is 1610 g/mol. The van der Waals surface area contributed by atoms with Crippen LogP contribution in [0.1, 0.15) is 114 Å². The Morgan fingerprint density at radius 2 is 0.403 bits per heavy atom. The SMILES string of the molecule is CCOc1ccc(/C=C/c2ccc(N(c3ccc(C)cc3)c3ccc(-c4ccc(N(c5ccc(C)cc5)c5ccc(/C=C/c6ccc(C)cc6)c(C)c5)cc4)cc3)cc2C)cc1.CCOc1ccccc1/C=C/c1ccc(N(c2ccc(C)cc2)c2ccc(-c3ccc(N(c4ccc(C)cc4)c4ccc(/C=C/c5ccc(C)cc5)c(C)c4)cc3)cc2)cc1C. The number of hydrogen-bond donors (Lipinski definition) is 0. The van der Waals surface area contributed by atoms with Crippen molar-refractivity contribution in [2.45, 2.75) is 83.1 Å². The van der Waals surface area contributed by atoms with Crippen LogP contribution in [-0.4, -0.2) is 13.2 Å². The quantitative estimate of drug-likeness (QED) is 0.0502. The van der Waals surface area contributed by atoms with Crippen molar-refractivity contribution in [3.05, 3.63) is 464 Å². The first kappa shape index (κ1) is 84.3. The highest BCUT2D eigenvalue weighted by Gasteiger charge is 2.20. The molecule has 0 aromatic heterocycles. The van der Waals surface area contributed by atoms with E-state index in [1.807, 2.05) is 44.2 Å². The third-order valence-corrected chi connectivity index (χ3v) is 22.8. The minimum Gasteiger partial charge on any atom is -0.494 e. The fraction of sp³-hybridized carbons (Fsp3) is 0.119. The van der Waals surface area contributed by atoms with E-state index in [1.54, 1.807) is 0 Å². The summed E-state index contributed by atoms with van der Waals surface area (Å²) in [5.41, 5.74) is 39.7. The van der Waals surface area contributed by atoms with E-state index < -0.39 is 0 Å². The Morgan fingerprint density at radius 1 is 0.194 bits per heavy atom. The van der Waals surface area contributed by atoms with Crippen LogP contribution in [0.15, 0.2) is 364 Å². The number of anilines is 12. The minimum atomic E-state index is 0.637. The molecule has 0 aliphatic rings. The number of nitrogens with zero attached hydrogens (tertiary/aromatic N) is 4. The molecule has 0 aliphatic carbocycles. The van der Waals surface area contributed by atoms with E-state index in [9.17, 15) is 0 Å². The number of benzene rings is 16. The van der Waals surface area contributed by atoms with E-state index in [2.05, 4.69) is 471 Å². The maximum Gasteiger partial charge on any atom is 0.126 e. The van der Waals surface area contributed by atoms with Crippen LogP contribution in [-0.2, 0) is 0 Å². The Kier molecular flexibility index (Phi) is 27.0. The maximum absolute atomic E-state index is 5.86. The van der Waals surface area contributed by atoms with Crippen molar-refractivity contribution in [2.24, 2.45) is 0 Å². The monoisotopic (exact) mass is 1610 g/mol. The van der Waals surface area contributed by atoms with Gasteiger partial charge in [-0.15, -0.1) is 0 Å². The molecule has 0 N–H and O–H groups in total. The molecular formula is C118H108N4O2. The lowest BCUT2D eigenvalue weighted by Gasteiger charge is -2.27. The normalized spacial score (nSPS) is 11.3. The zero-order chi connectivity index (χ0) is 86.0. The third kappa shape index (κ3) is 21.0. The Hall–Kier alpha value is -14.7. The van der Waals surface area contributed by atoms with Crippen molar-refractivity contribution in [3.63, 3.8) is 0 Å². The van der Waals surface area contributed by atoms with E-state index in [0.717, 1.165) is 108 Å². The Morgan fingerprint density at radius 3 is 0.653 bits per heavy atom. The summed E-state index contributed by atoms with van der Waals surface area (Å²) in [6.45, 7) is 26.8. The Balaban J connectivity index is 0.000000192. The molecule has 0 fully saturated rings. The van der Waals surface area contributed by atoms with Gasteiger partial charge in [0, 0.05) is 73.8 Å². The largest absolute Gasteiger partial charge is 0.494 e. The van der Waals surface area contributed by atoms with Gasteiger partial charge in [-0.05, 0) is 330 Å². The zero-order valence-corrected chi connectivity index (χ0v) is 73.3. The lowest BCUT2D eigenvalue weighted by Crippen LogP contribution is -2.10. The number of hydrogen-bond acceptors (Lipinski definition) is 6. The van der Waals surface area contributed by atoms with Gasteiger partial charge < -0.3 is 29.1 Å². The Bertz CT molecular complexity index is 6400. The van der Waals surface area contributed by atoms with E-state index in [-0.39, 0.29) is 0 Å². The van der Waals surface area contributed by atoms with Gasteiger partial charge >= 0.3 is 0 Å². The molecule has 0 saturated heterocycles. The van der Waals surface area contributed by atoms with Gasteiger partial charge in [-0.2, -0.15) is 0 Å². The number of aryl methyl sites for hydroxylation is 10. The van der Waals surface area contributed by atoms with Crippen molar-refractivity contribution in [2.75, 3.05) is 32.8 Å². The van der Waals surface area contributed by atoms with E-state index in [1.165, 1.54) is 94.6 Å². The molecule has 0 unspecified atom stereocenters. The molecule has 0 bridgehead atoms. The maximum atomic E-state index is 5.86. The summed E-state index contributed by atoms with van der Waals surface area (Å²) in [6, 6.07) is 131. The van der Waals surface area contributed by atoms with Gasteiger partial charge in [0.1, 0.15) is 11.5 Å². The molecule has 16 rings (SSSR count). The minimum absolute atomic E-state index is 0.637. The van der Waals surface area contributed by atoms with Crippen molar-refractivity contribution >= 4 is 117 Å². The molecule has 16 aromatic carbocycles. The lowest BCUT2D eigenvalue weighted by atomic mass is 10.0. The van der Waals surface area contributed by atoms with Gasteiger partial charge in [0.05, 0.1) is 13.2 Å². The summed E-state index contributed by atoms with van der Waals surface area (Å²) < 4.78 is 11.5. The van der Waals surface area contributed by atoms with Crippen molar-refractivity contribution in [1.29, 1.82) is 0 Å². The lowest BCUT2D eigenvalue weighted by molar-refractivity contribution is 0.339. The summed E-state index contributed by atoms with van der Waals surface area (Å²) in [6.07, 6.45) is 17.5. The first-order valence-electron chi connectivity index (χ1n) is 43.0. The highest BCUT2D eigenvalue weighted by Crippen LogP contribution is 2.44. The molecule has 6 nitrogen and oxygen atoms in total. The molecule has 0 amide bonds. The standard InChI is InChI=1S/2C59H54N2O/c1-7-62-59-38-18-48(19-39-59)17-21-50-23-37-58(41-46(50)6)61(54-30-12-44(4)13-31-54)56-34-26-52(27-35-56)51-24-32-55(33-25-51)60(53-28-10-43(3)11-29-53)57-36-22-49(45(5)40-57)20-16-47-14-8-42(2)9-15-47;1-7-62-59-11-9-8-10-52(59)23-22-49-25-39-58(41-46(49)6)61(54-32-16-44(4)17-33-54)56-36-28-51(29-37-56)50-26-34-55(35-27-50)60(53-30-14-43(3)15-31-53)57-38-24-48(45(5)40-57)21-20-47-18-12-42(2)13-19-47/h2*8-41H,7H2,1-6H3/b20-16+,21-17+;21-20+,23-22+. The predicted octanol–water partition coefficient (Wildman–Crippen LogP) is 33.1. The van der Waals surface area contributed by atoms with Crippen molar-refractivity contribution < 1.29 is 9.47 Å². The summed E-state index contributed by atoms with van der Waals surface area (Å²) in [5, 5.41) is 0. The van der Waals surface area contributed by atoms with E-state index >= 15 is 0 Å². The number of rotatable bonds is 26. The third-order valence-electron chi connectivity index (χ3n) is 22.8. The van der Waals surface area contributed by atoms with Crippen LogP contribution in [0, 0.1) is 69.2 Å². The van der Waals surface area contributed by atoms with Crippen LogP contribution < -0.4 is 29.1 Å². The van der Waals surface area contributed by atoms with Crippen molar-refractivity contribution in [1.82, 2.24) is 0 Å². The summed E-state index contributed by atoms with van der Waals surface area (Å²) in [5.74, 6) is 1.79.